The van der Waals surface area contributed by atoms with Crippen LogP contribution in [0, 0.1) is 18.7 Å². The third-order valence-electron chi connectivity index (χ3n) is 6.30. The maximum Gasteiger partial charge on any atom is 0.271 e. The number of nitrogens with zero attached hydrogens (tertiary/aromatic N) is 3. The number of aromatic nitrogens is 3. The van der Waals surface area contributed by atoms with Crippen LogP contribution in [0.15, 0.2) is 60.7 Å². The summed E-state index contributed by atoms with van der Waals surface area (Å²) >= 11 is 1.43. The molecule has 0 unspecified atom stereocenters. The largest absolute Gasteiger partial charge is 0.344 e. The summed E-state index contributed by atoms with van der Waals surface area (Å²) in [7, 11) is 0. The number of halogens is 1. The summed E-state index contributed by atoms with van der Waals surface area (Å²) in [6.07, 6.45) is 0.443. The Morgan fingerprint density at radius 1 is 0.897 bits per heavy atom. The van der Waals surface area contributed by atoms with E-state index in [0.717, 1.165) is 26.9 Å². The molecule has 198 valence electrons. The van der Waals surface area contributed by atoms with Gasteiger partial charge in [-0.1, -0.05) is 49.4 Å². The lowest BCUT2D eigenvalue weighted by atomic mass is 10.0. The molecule has 0 aliphatic heterocycles. The van der Waals surface area contributed by atoms with Gasteiger partial charge in [-0.2, -0.15) is 0 Å². The van der Waals surface area contributed by atoms with Gasteiger partial charge in [-0.3, -0.25) is 9.59 Å². The second kappa shape index (κ2) is 10.9. The first-order valence-corrected chi connectivity index (χ1v) is 13.5. The first kappa shape index (κ1) is 26.4. The second-order valence-electron chi connectivity index (χ2n) is 9.95. The van der Waals surface area contributed by atoms with Crippen LogP contribution in [0.3, 0.4) is 0 Å². The molecule has 2 aromatic heterocycles. The number of hydrogen-bond donors (Lipinski definition) is 2. The van der Waals surface area contributed by atoms with E-state index >= 15 is 0 Å². The fourth-order valence-electron chi connectivity index (χ4n) is 4.40. The fourth-order valence-corrected chi connectivity index (χ4v) is 5.32. The van der Waals surface area contributed by atoms with Crippen LogP contribution in [-0.2, 0) is 4.79 Å². The van der Waals surface area contributed by atoms with Crippen molar-refractivity contribution in [1.82, 2.24) is 20.3 Å². The number of aryl methyl sites for hydroxylation is 1. The Hall–Kier alpha value is -4.24. The van der Waals surface area contributed by atoms with Crippen LogP contribution >= 0.6 is 11.3 Å². The molecule has 2 heterocycles. The van der Waals surface area contributed by atoms with Crippen molar-refractivity contribution in [3.63, 3.8) is 0 Å². The Morgan fingerprint density at radius 3 is 2.31 bits per heavy atom. The van der Waals surface area contributed by atoms with E-state index in [4.69, 9.17) is 0 Å². The van der Waals surface area contributed by atoms with Crippen molar-refractivity contribution in [3.8, 4) is 11.1 Å². The SMILES string of the molecule is Cc1nc(C(=O)N[C@@H](C)c2ccc(F)cc2)c2cc(-c3ccc4nc(NC(=O)CC(C)C)sc4c3)ccc2n1. The highest BCUT2D eigenvalue weighted by molar-refractivity contribution is 7.22. The third kappa shape index (κ3) is 5.93. The molecule has 0 aliphatic rings. The van der Waals surface area contributed by atoms with Gasteiger partial charge in [-0.25, -0.2) is 19.3 Å². The molecular weight excluding hydrogens is 513 g/mol. The van der Waals surface area contributed by atoms with Crippen molar-refractivity contribution >= 4 is 49.4 Å². The Bertz CT molecular complexity index is 1700. The number of fused-ring (bicyclic) bond motifs is 2. The highest BCUT2D eigenvalue weighted by atomic mass is 32.1. The van der Waals surface area contributed by atoms with Gasteiger partial charge in [-0.05, 0) is 72.9 Å². The van der Waals surface area contributed by atoms with Gasteiger partial charge in [0.15, 0.2) is 5.13 Å². The van der Waals surface area contributed by atoms with Gasteiger partial charge in [-0.15, -0.1) is 0 Å². The van der Waals surface area contributed by atoms with Gasteiger partial charge in [0, 0.05) is 11.8 Å². The monoisotopic (exact) mass is 541 g/mol. The Labute approximate surface area is 229 Å². The van der Waals surface area contributed by atoms with Crippen LogP contribution < -0.4 is 10.6 Å². The molecule has 0 bridgehead atoms. The summed E-state index contributed by atoms with van der Waals surface area (Å²) in [5, 5.41) is 7.07. The van der Waals surface area contributed by atoms with Crippen LogP contribution in [0.2, 0.25) is 0 Å². The van der Waals surface area contributed by atoms with E-state index < -0.39 is 0 Å². The molecule has 5 aromatic rings. The summed E-state index contributed by atoms with van der Waals surface area (Å²) in [4.78, 5) is 39.0. The molecule has 0 fully saturated rings. The quantitative estimate of drug-likeness (QED) is 0.235. The minimum absolute atomic E-state index is 0.0475. The normalized spacial score (nSPS) is 12.2. The van der Waals surface area contributed by atoms with E-state index in [-0.39, 0.29) is 35.3 Å². The molecule has 39 heavy (non-hydrogen) atoms. The first-order chi connectivity index (χ1) is 18.7. The van der Waals surface area contributed by atoms with Crippen molar-refractivity contribution in [3.05, 3.63) is 83.6 Å². The molecular formula is C30H28FN5O2S. The van der Waals surface area contributed by atoms with Crippen molar-refractivity contribution in [1.29, 1.82) is 0 Å². The molecule has 2 amide bonds. The van der Waals surface area contributed by atoms with Crippen molar-refractivity contribution < 1.29 is 14.0 Å². The van der Waals surface area contributed by atoms with Crippen LogP contribution in [-0.4, -0.2) is 26.8 Å². The number of thiazole rings is 1. The molecule has 5 rings (SSSR count). The number of benzene rings is 3. The van der Waals surface area contributed by atoms with E-state index in [1.807, 2.05) is 57.2 Å². The van der Waals surface area contributed by atoms with Crippen molar-refractivity contribution in [2.45, 2.75) is 40.2 Å². The predicted molar refractivity (Wildman–Crippen MR) is 153 cm³/mol. The van der Waals surface area contributed by atoms with Gasteiger partial charge < -0.3 is 10.6 Å². The molecule has 2 N–H and O–H groups in total. The van der Waals surface area contributed by atoms with E-state index in [1.54, 1.807) is 19.1 Å². The van der Waals surface area contributed by atoms with Gasteiger partial charge in [0.05, 0.1) is 21.8 Å². The lowest BCUT2D eigenvalue weighted by Gasteiger charge is -2.15. The number of carbonyl (C=O) groups excluding carboxylic acids is 2. The number of nitrogens with one attached hydrogen (secondary N) is 2. The molecule has 3 aromatic carbocycles. The van der Waals surface area contributed by atoms with Crippen molar-refractivity contribution in [2.24, 2.45) is 5.92 Å². The number of hydrogen-bond acceptors (Lipinski definition) is 6. The van der Waals surface area contributed by atoms with Crippen LogP contribution in [0.5, 0.6) is 0 Å². The van der Waals surface area contributed by atoms with Gasteiger partial charge in [0.1, 0.15) is 17.3 Å². The maximum atomic E-state index is 13.3. The second-order valence-corrected chi connectivity index (χ2v) is 11.0. The number of anilines is 1. The lowest BCUT2D eigenvalue weighted by Crippen LogP contribution is -2.28. The van der Waals surface area contributed by atoms with Crippen molar-refractivity contribution in [2.75, 3.05) is 5.32 Å². The molecule has 1 atom stereocenters. The number of rotatable bonds is 7. The highest BCUT2D eigenvalue weighted by Gasteiger charge is 2.18. The topological polar surface area (TPSA) is 96.9 Å². The zero-order valence-electron chi connectivity index (χ0n) is 22.1. The average Bonchev–Trinajstić information content (AvgIpc) is 3.29. The van der Waals surface area contributed by atoms with E-state index in [1.165, 1.54) is 23.5 Å². The Balaban J connectivity index is 1.45. The minimum atomic E-state index is -0.337. The van der Waals surface area contributed by atoms with E-state index in [9.17, 15) is 14.0 Å². The molecule has 0 saturated heterocycles. The van der Waals surface area contributed by atoms with Crippen LogP contribution in [0.4, 0.5) is 9.52 Å². The number of amides is 2. The maximum absolute atomic E-state index is 13.3. The van der Waals surface area contributed by atoms with Gasteiger partial charge >= 0.3 is 0 Å². The molecule has 0 radical (unpaired) electrons. The smallest absolute Gasteiger partial charge is 0.271 e. The fraction of sp³-hybridized carbons (Fsp3) is 0.233. The Morgan fingerprint density at radius 2 is 1.59 bits per heavy atom. The predicted octanol–water partition coefficient (Wildman–Crippen LogP) is 6.83. The molecule has 7 nitrogen and oxygen atoms in total. The zero-order valence-corrected chi connectivity index (χ0v) is 22.9. The zero-order chi connectivity index (χ0) is 27.7. The lowest BCUT2D eigenvalue weighted by molar-refractivity contribution is -0.116. The minimum Gasteiger partial charge on any atom is -0.344 e. The first-order valence-electron chi connectivity index (χ1n) is 12.7. The molecule has 0 saturated carbocycles. The van der Waals surface area contributed by atoms with E-state index in [2.05, 4.69) is 25.6 Å². The number of carbonyl (C=O) groups is 2. The standard InChI is InChI=1S/C30H28FN5O2S/c1-16(2)13-27(37)36-30-35-25-12-8-21(15-26(25)39-30)20-7-11-24-23(14-20)28(34-18(4)33-24)29(38)32-17(3)19-5-9-22(31)10-6-19/h5-12,14-17H,13H2,1-4H3,(H,32,38)(H,35,36,37)/t17-/m0/s1. The van der Waals surface area contributed by atoms with Crippen LogP contribution in [0.1, 0.15) is 55.1 Å². The molecule has 0 aliphatic carbocycles. The van der Waals surface area contributed by atoms with Crippen LogP contribution in [0.25, 0.3) is 32.2 Å². The summed E-state index contributed by atoms with van der Waals surface area (Å²) in [5.41, 5.74) is 4.38. The van der Waals surface area contributed by atoms with Gasteiger partial charge in [0.2, 0.25) is 5.91 Å². The highest BCUT2D eigenvalue weighted by Crippen LogP contribution is 2.32. The summed E-state index contributed by atoms with van der Waals surface area (Å²) < 4.78 is 14.3. The summed E-state index contributed by atoms with van der Waals surface area (Å²) in [6, 6.07) is 17.4. The summed E-state index contributed by atoms with van der Waals surface area (Å²) in [6.45, 7) is 7.60. The molecule has 0 spiro atoms. The third-order valence-corrected chi connectivity index (χ3v) is 7.24. The Kier molecular flexibility index (Phi) is 7.34. The van der Waals surface area contributed by atoms with Gasteiger partial charge in [0.25, 0.3) is 5.91 Å². The van der Waals surface area contributed by atoms with E-state index in [0.29, 0.717) is 28.3 Å². The average molecular weight is 542 g/mol. The molecule has 9 heteroatoms. The summed E-state index contributed by atoms with van der Waals surface area (Å²) in [5.74, 6) is 0.0522.